The van der Waals surface area contributed by atoms with Gasteiger partial charge in [-0.15, -0.1) is 10.2 Å². The minimum atomic E-state index is -0.0627. The van der Waals surface area contributed by atoms with Gasteiger partial charge in [-0.1, -0.05) is 33.1 Å². The monoisotopic (exact) mass is 319 g/mol. The Morgan fingerprint density at radius 1 is 1.00 bits per heavy atom. The molecule has 2 aliphatic heterocycles. The van der Waals surface area contributed by atoms with Crippen molar-refractivity contribution < 1.29 is 4.79 Å². The van der Waals surface area contributed by atoms with Gasteiger partial charge in [0, 0.05) is 26.1 Å². The SMILES string of the molecule is CC(C)[C@@H](NC(=O)N1CCCCCCC1)c1nnc2n1CCC2. The van der Waals surface area contributed by atoms with E-state index < -0.39 is 0 Å². The molecule has 1 fully saturated rings. The number of hydrogen-bond acceptors (Lipinski definition) is 3. The third kappa shape index (κ3) is 3.67. The Balaban J connectivity index is 1.70. The highest BCUT2D eigenvalue weighted by atomic mass is 16.2. The summed E-state index contributed by atoms with van der Waals surface area (Å²) >= 11 is 0. The number of aryl methyl sites for hydroxylation is 1. The van der Waals surface area contributed by atoms with E-state index in [9.17, 15) is 4.79 Å². The molecule has 2 aliphatic rings. The van der Waals surface area contributed by atoms with E-state index in [-0.39, 0.29) is 12.1 Å². The Hall–Kier alpha value is -1.59. The van der Waals surface area contributed by atoms with Gasteiger partial charge in [0.05, 0.1) is 6.04 Å². The summed E-state index contributed by atoms with van der Waals surface area (Å²) in [6.07, 6.45) is 8.11. The van der Waals surface area contributed by atoms with Crippen LogP contribution in [0.2, 0.25) is 0 Å². The van der Waals surface area contributed by atoms with Gasteiger partial charge in [0.25, 0.3) is 0 Å². The molecule has 2 amide bonds. The van der Waals surface area contributed by atoms with E-state index in [4.69, 9.17) is 0 Å². The van der Waals surface area contributed by atoms with E-state index in [1.165, 1.54) is 19.3 Å². The van der Waals surface area contributed by atoms with Crippen LogP contribution in [0.1, 0.15) is 70.1 Å². The number of hydrogen-bond donors (Lipinski definition) is 1. The molecule has 1 aromatic heterocycles. The summed E-state index contributed by atoms with van der Waals surface area (Å²) in [5.74, 6) is 2.28. The molecule has 0 aromatic carbocycles. The summed E-state index contributed by atoms with van der Waals surface area (Å²) < 4.78 is 2.19. The minimum Gasteiger partial charge on any atom is -0.328 e. The van der Waals surface area contributed by atoms with E-state index in [0.717, 1.165) is 57.0 Å². The predicted molar refractivity (Wildman–Crippen MR) is 89.1 cm³/mol. The van der Waals surface area contributed by atoms with Crippen molar-refractivity contribution in [3.63, 3.8) is 0 Å². The molecule has 23 heavy (non-hydrogen) atoms. The lowest BCUT2D eigenvalue weighted by atomic mass is 10.0. The molecule has 0 bridgehead atoms. The van der Waals surface area contributed by atoms with E-state index >= 15 is 0 Å². The van der Waals surface area contributed by atoms with Crippen molar-refractivity contribution in [1.82, 2.24) is 25.0 Å². The molecule has 6 nitrogen and oxygen atoms in total. The molecule has 3 heterocycles. The lowest BCUT2D eigenvalue weighted by Gasteiger charge is -2.29. The Labute approximate surface area is 138 Å². The highest BCUT2D eigenvalue weighted by molar-refractivity contribution is 5.74. The Bertz CT molecular complexity index is 531. The Morgan fingerprint density at radius 2 is 1.70 bits per heavy atom. The highest BCUT2D eigenvalue weighted by Crippen LogP contribution is 2.25. The van der Waals surface area contributed by atoms with Gasteiger partial charge in [-0.05, 0) is 25.2 Å². The van der Waals surface area contributed by atoms with Gasteiger partial charge >= 0.3 is 6.03 Å². The maximum atomic E-state index is 12.7. The van der Waals surface area contributed by atoms with Crippen LogP contribution in [0, 0.1) is 5.92 Å². The summed E-state index contributed by atoms with van der Waals surface area (Å²) in [7, 11) is 0. The number of rotatable bonds is 3. The molecule has 0 unspecified atom stereocenters. The number of carbonyl (C=O) groups is 1. The molecule has 128 valence electrons. The fraction of sp³-hybridized carbons (Fsp3) is 0.824. The van der Waals surface area contributed by atoms with Crippen LogP contribution >= 0.6 is 0 Å². The van der Waals surface area contributed by atoms with Gasteiger partial charge in [-0.25, -0.2) is 4.79 Å². The zero-order chi connectivity index (χ0) is 16.2. The summed E-state index contributed by atoms with van der Waals surface area (Å²) in [6.45, 7) is 6.98. The van der Waals surface area contributed by atoms with E-state index in [1.807, 2.05) is 4.90 Å². The molecular weight excluding hydrogens is 290 g/mol. The number of carbonyl (C=O) groups excluding carboxylic acids is 1. The lowest BCUT2D eigenvalue weighted by Crippen LogP contribution is -2.44. The molecule has 6 heteroatoms. The maximum absolute atomic E-state index is 12.7. The van der Waals surface area contributed by atoms with Crippen LogP contribution < -0.4 is 5.32 Å². The molecular formula is C17H29N5O. The van der Waals surface area contributed by atoms with Gasteiger partial charge in [-0.2, -0.15) is 0 Å². The van der Waals surface area contributed by atoms with Crippen molar-refractivity contribution in [3.05, 3.63) is 11.6 Å². The summed E-state index contributed by atoms with van der Waals surface area (Å²) in [5.41, 5.74) is 0. The molecule has 1 saturated heterocycles. The molecule has 1 aromatic rings. The predicted octanol–water partition coefficient (Wildman–Crippen LogP) is 2.90. The molecule has 0 saturated carbocycles. The van der Waals surface area contributed by atoms with Crippen LogP contribution in [0.5, 0.6) is 0 Å². The van der Waals surface area contributed by atoms with Gasteiger partial charge < -0.3 is 14.8 Å². The quantitative estimate of drug-likeness (QED) is 0.932. The van der Waals surface area contributed by atoms with Gasteiger partial charge in [0.1, 0.15) is 5.82 Å². The molecule has 0 aliphatic carbocycles. The number of likely N-dealkylation sites (tertiary alicyclic amines) is 1. The number of aromatic nitrogens is 3. The van der Waals surface area contributed by atoms with E-state index in [0.29, 0.717) is 5.92 Å². The Morgan fingerprint density at radius 3 is 2.39 bits per heavy atom. The van der Waals surface area contributed by atoms with Crippen molar-refractivity contribution >= 4 is 6.03 Å². The van der Waals surface area contributed by atoms with Crippen LogP contribution in [-0.4, -0.2) is 38.8 Å². The van der Waals surface area contributed by atoms with Gasteiger partial charge in [0.2, 0.25) is 0 Å². The van der Waals surface area contributed by atoms with Crippen LogP contribution in [0.3, 0.4) is 0 Å². The fourth-order valence-corrected chi connectivity index (χ4v) is 3.61. The molecule has 1 N–H and O–H groups in total. The third-order valence-corrected chi connectivity index (χ3v) is 5.01. The highest BCUT2D eigenvalue weighted by Gasteiger charge is 2.29. The largest absolute Gasteiger partial charge is 0.328 e. The second-order valence-corrected chi connectivity index (χ2v) is 7.16. The normalized spacial score (nSPS) is 20.0. The number of nitrogens with one attached hydrogen (secondary N) is 1. The number of nitrogens with zero attached hydrogens (tertiary/aromatic N) is 4. The molecule has 0 radical (unpaired) electrons. The lowest BCUT2D eigenvalue weighted by molar-refractivity contribution is 0.183. The number of fused-ring (bicyclic) bond motifs is 1. The maximum Gasteiger partial charge on any atom is 0.317 e. The van der Waals surface area contributed by atoms with Gasteiger partial charge in [0.15, 0.2) is 5.82 Å². The topological polar surface area (TPSA) is 63.1 Å². The number of amides is 2. The Kier molecular flexibility index (Phi) is 5.18. The van der Waals surface area contributed by atoms with Crippen LogP contribution in [-0.2, 0) is 13.0 Å². The minimum absolute atomic E-state index is 0.0564. The first kappa shape index (κ1) is 16.3. The van der Waals surface area contributed by atoms with Crippen LogP contribution in [0.25, 0.3) is 0 Å². The fourth-order valence-electron chi connectivity index (χ4n) is 3.61. The van der Waals surface area contributed by atoms with Gasteiger partial charge in [-0.3, -0.25) is 0 Å². The second-order valence-electron chi connectivity index (χ2n) is 7.16. The standard InChI is InChI=1S/C17H29N5O/c1-13(2)15(16-20-19-14-9-8-12-22(14)16)18-17(23)21-10-6-4-3-5-7-11-21/h13,15H,3-12H2,1-2H3,(H,18,23)/t15-/m1/s1. The molecule has 3 rings (SSSR count). The third-order valence-electron chi connectivity index (χ3n) is 5.01. The van der Waals surface area contributed by atoms with Crippen LogP contribution in [0.4, 0.5) is 4.79 Å². The van der Waals surface area contributed by atoms with Crippen molar-refractivity contribution in [2.75, 3.05) is 13.1 Å². The van der Waals surface area contributed by atoms with Crippen molar-refractivity contribution in [1.29, 1.82) is 0 Å². The average Bonchev–Trinajstić information content (AvgIpc) is 3.07. The summed E-state index contributed by atoms with van der Waals surface area (Å²) in [6, 6.07) is -0.00626. The zero-order valence-corrected chi connectivity index (χ0v) is 14.4. The average molecular weight is 319 g/mol. The number of urea groups is 1. The smallest absolute Gasteiger partial charge is 0.317 e. The zero-order valence-electron chi connectivity index (χ0n) is 14.4. The first-order chi connectivity index (χ1) is 11.2. The molecule has 1 atom stereocenters. The first-order valence-corrected chi connectivity index (χ1v) is 9.14. The first-order valence-electron chi connectivity index (χ1n) is 9.14. The van der Waals surface area contributed by atoms with Crippen molar-refractivity contribution in [2.24, 2.45) is 5.92 Å². The van der Waals surface area contributed by atoms with Crippen LogP contribution in [0.15, 0.2) is 0 Å². The summed E-state index contributed by atoms with van der Waals surface area (Å²) in [5, 5.41) is 11.9. The van der Waals surface area contributed by atoms with Crippen molar-refractivity contribution in [2.45, 2.75) is 71.4 Å². The summed E-state index contributed by atoms with van der Waals surface area (Å²) in [4.78, 5) is 14.7. The second kappa shape index (κ2) is 7.32. The van der Waals surface area contributed by atoms with E-state index in [2.05, 4.69) is 33.9 Å². The van der Waals surface area contributed by atoms with Crippen molar-refractivity contribution in [3.8, 4) is 0 Å². The molecule has 0 spiro atoms. The van der Waals surface area contributed by atoms with E-state index in [1.54, 1.807) is 0 Å².